The number of carbonyl (C=O) groups is 1. The first-order valence-electron chi connectivity index (χ1n) is 7.58. The van der Waals surface area contributed by atoms with Gasteiger partial charge in [0.2, 0.25) is 0 Å². The van der Waals surface area contributed by atoms with Crippen molar-refractivity contribution in [3.8, 4) is 10.8 Å². The van der Waals surface area contributed by atoms with Gasteiger partial charge in [0, 0.05) is 37.6 Å². The predicted octanol–water partition coefficient (Wildman–Crippen LogP) is 2.41. The summed E-state index contributed by atoms with van der Waals surface area (Å²) in [5.41, 5.74) is 0. The summed E-state index contributed by atoms with van der Waals surface area (Å²) in [5, 5.41) is 4.29. The molecule has 1 N–H and O–H groups in total. The number of aromatic nitrogens is 3. The maximum absolute atomic E-state index is 12.7. The van der Waals surface area contributed by atoms with Crippen molar-refractivity contribution in [1.82, 2.24) is 25.2 Å². The van der Waals surface area contributed by atoms with E-state index in [2.05, 4.69) is 20.3 Å². The number of amides is 1. The molecule has 0 spiro atoms. The van der Waals surface area contributed by atoms with Crippen molar-refractivity contribution >= 4 is 42.1 Å². The number of hydrogen-bond acceptors (Lipinski definition) is 6. The highest BCUT2D eigenvalue weighted by Crippen LogP contribution is 2.25. The summed E-state index contributed by atoms with van der Waals surface area (Å²) in [6.45, 7) is 1.62. The van der Waals surface area contributed by atoms with Crippen LogP contribution >= 0.6 is 36.2 Å². The highest BCUT2D eigenvalue weighted by molar-refractivity contribution is 7.16. The van der Waals surface area contributed by atoms with Crippen molar-refractivity contribution < 1.29 is 4.79 Å². The lowest BCUT2D eigenvalue weighted by Gasteiger charge is -2.23. The second kappa shape index (κ2) is 8.20. The van der Waals surface area contributed by atoms with Crippen LogP contribution in [0.4, 0.5) is 0 Å². The van der Waals surface area contributed by atoms with Gasteiger partial charge in [-0.1, -0.05) is 0 Å². The summed E-state index contributed by atoms with van der Waals surface area (Å²) in [4.78, 5) is 28.0. The summed E-state index contributed by atoms with van der Waals surface area (Å²) in [6.07, 6.45) is 8.46. The molecule has 2 aliphatic rings. The van der Waals surface area contributed by atoms with Crippen LogP contribution in [0.25, 0.3) is 10.8 Å². The fraction of sp³-hybridized carbons (Fsp3) is 0.467. The third-order valence-electron chi connectivity index (χ3n) is 4.28. The van der Waals surface area contributed by atoms with Gasteiger partial charge in [0.15, 0.2) is 10.8 Å². The molecule has 2 aliphatic heterocycles. The molecule has 2 saturated heterocycles. The Hall–Kier alpha value is -1.28. The van der Waals surface area contributed by atoms with Crippen LogP contribution in [0.5, 0.6) is 0 Å². The number of nitrogens with zero attached hydrogens (tertiary/aromatic N) is 4. The van der Waals surface area contributed by atoms with Crippen LogP contribution in [-0.4, -0.2) is 50.9 Å². The van der Waals surface area contributed by atoms with Gasteiger partial charge in [0.1, 0.15) is 4.88 Å². The summed E-state index contributed by atoms with van der Waals surface area (Å²) in [6, 6.07) is 2.79. The number of halogens is 2. The van der Waals surface area contributed by atoms with Crippen LogP contribution in [0.3, 0.4) is 0 Å². The zero-order chi connectivity index (χ0) is 14.9. The Morgan fingerprint density at radius 1 is 1.12 bits per heavy atom. The molecule has 9 heteroatoms. The number of rotatable bonds is 2. The summed E-state index contributed by atoms with van der Waals surface area (Å²) >= 11 is 1.37. The minimum atomic E-state index is 0. The molecule has 2 fully saturated rings. The number of hydrogen-bond donors (Lipinski definition) is 1. The SMILES string of the molecule is Cl.Cl.O=C(c1cnc(-c2ncccn2)s1)N1CCC2CCC(C1)N2. The van der Waals surface area contributed by atoms with Crippen molar-refractivity contribution in [2.45, 2.75) is 31.3 Å². The van der Waals surface area contributed by atoms with Crippen molar-refractivity contribution in [3.63, 3.8) is 0 Å². The van der Waals surface area contributed by atoms with Crippen LogP contribution in [0.1, 0.15) is 28.9 Å². The standard InChI is InChI=1S/C15H17N5OS.2ClH/c21-15(20-7-4-10-2-3-11(9-20)19-10)12-8-18-14(22-12)13-16-5-1-6-17-13;;/h1,5-6,8,10-11,19H,2-4,7,9H2;2*1H. The van der Waals surface area contributed by atoms with E-state index >= 15 is 0 Å². The number of thiazole rings is 1. The van der Waals surface area contributed by atoms with Gasteiger partial charge >= 0.3 is 0 Å². The van der Waals surface area contributed by atoms with Crippen LogP contribution in [0, 0.1) is 0 Å². The summed E-state index contributed by atoms with van der Waals surface area (Å²) < 4.78 is 0. The fourth-order valence-electron chi connectivity index (χ4n) is 3.17. The molecule has 6 nitrogen and oxygen atoms in total. The predicted molar refractivity (Wildman–Crippen MR) is 98.1 cm³/mol. The monoisotopic (exact) mass is 387 g/mol. The van der Waals surface area contributed by atoms with Gasteiger partial charge in [-0.2, -0.15) is 0 Å². The number of likely N-dealkylation sites (tertiary alicyclic amines) is 1. The number of nitrogens with one attached hydrogen (secondary N) is 1. The maximum atomic E-state index is 12.7. The van der Waals surface area contributed by atoms with Crippen LogP contribution in [0.15, 0.2) is 24.7 Å². The fourth-order valence-corrected chi connectivity index (χ4v) is 4.00. The number of carbonyl (C=O) groups excluding carboxylic acids is 1. The average Bonchev–Trinajstić information content (AvgIpc) is 3.14. The van der Waals surface area contributed by atoms with E-state index in [0.29, 0.717) is 27.8 Å². The Morgan fingerprint density at radius 3 is 2.67 bits per heavy atom. The molecule has 0 radical (unpaired) electrons. The van der Waals surface area contributed by atoms with E-state index in [1.807, 2.05) is 4.90 Å². The van der Waals surface area contributed by atoms with E-state index in [0.717, 1.165) is 19.5 Å². The smallest absolute Gasteiger partial charge is 0.265 e. The summed E-state index contributed by atoms with van der Waals surface area (Å²) in [7, 11) is 0. The van der Waals surface area contributed by atoms with E-state index in [1.165, 1.54) is 24.2 Å². The van der Waals surface area contributed by atoms with E-state index < -0.39 is 0 Å². The van der Waals surface area contributed by atoms with Crippen molar-refractivity contribution in [3.05, 3.63) is 29.5 Å². The second-order valence-corrected chi connectivity index (χ2v) is 6.81. The molecular formula is C15H19Cl2N5OS. The first-order valence-corrected chi connectivity index (χ1v) is 8.40. The van der Waals surface area contributed by atoms with Crippen LogP contribution in [0.2, 0.25) is 0 Å². The summed E-state index contributed by atoms with van der Waals surface area (Å²) in [5.74, 6) is 0.650. The Kier molecular flexibility index (Phi) is 6.51. The Morgan fingerprint density at radius 2 is 1.88 bits per heavy atom. The topological polar surface area (TPSA) is 71.0 Å². The third-order valence-corrected chi connectivity index (χ3v) is 5.27. The zero-order valence-corrected chi connectivity index (χ0v) is 15.4. The van der Waals surface area contributed by atoms with Gasteiger partial charge in [-0.3, -0.25) is 4.79 Å². The second-order valence-electron chi connectivity index (χ2n) is 5.78. The Labute approximate surface area is 156 Å². The van der Waals surface area contributed by atoms with Gasteiger partial charge in [0.05, 0.1) is 6.20 Å². The maximum Gasteiger partial charge on any atom is 0.265 e. The van der Waals surface area contributed by atoms with Gasteiger partial charge in [0.25, 0.3) is 5.91 Å². The molecule has 4 heterocycles. The average molecular weight is 388 g/mol. The lowest BCUT2D eigenvalue weighted by Crippen LogP contribution is -2.38. The van der Waals surface area contributed by atoms with E-state index in [4.69, 9.17) is 0 Å². The highest BCUT2D eigenvalue weighted by Gasteiger charge is 2.32. The first-order chi connectivity index (χ1) is 10.8. The lowest BCUT2D eigenvalue weighted by molar-refractivity contribution is 0.0753. The first kappa shape index (κ1) is 19.1. The molecule has 130 valence electrons. The van der Waals surface area contributed by atoms with Crippen molar-refractivity contribution in [2.75, 3.05) is 13.1 Å². The van der Waals surface area contributed by atoms with Crippen molar-refractivity contribution in [1.29, 1.82) is 0 Å². The molecule has 2 aromatic rings. The molecule has 2 atom stereocenters. The minimum Gasteiger partial charge on any atom is -0.336 e. The molecule has 2 bridgehead atoms. The minimum absolute atomic E-state index is 0. The van der Waals surface area contributed by atoms with Gasteiger partial charge < -0.3 is 10.2 Å². The largest absolute Gasteiger partial charge is 0.336 e. The van der Waals surface area contributed by atoms with E-state index in [1.54, 1.807) is 24.7 Å². The normalized spacial score (nSPS) is 22.2. The third kappa shape index (κ3) is 3.85. The molecule has 0 saturated carbocycles. The van der Waals surface area contributed by atoms with Crippen molar-refractivity contribution in [2.24, 2.45) is 0 Å². The molecule has 4 rings (SSSR count). The van der Waals surface area contributed by atoms with Gasteiger partial charge in [-0.05, 0) is 25.3 Å². The molecule has 1 amide bonds. The zero-order valence-electron chi connectivity index (χ0n) is 12.9. The molecule has 0 aromatic carbocycles. The number of fused-ring (bicyclic) bond motifs is 2. The molecule has 0 aliphatic carbocycles. The van der Waals surface area contributed by atoms with Crippen LogP contribution < -0.4 is 5.32 Å². The lowest BCUT2D eigenvalue weighted by atomic mass is 10.1. The van der Waals surface area contributed by atoms with Gasteiger partial charge in [-0.15, -0.1) is 36.2 Å². The van der Waals surface area contributed by atoms with E-state index in [-0.39, 0.29) is 30.7 Å². The molecule has 24 heavy (non-hydrogen) atoms. The Bertz CT molecular complexity index is 684. The van der Waals surface area contributed by atoms with Gasteiger partial charge in [-0.25, -0.2) is 15.0 Å². The molecule has 2 aromatic heterocycles. The Balaban J connectivity index is 0.00000104. The van der Waals surface area contributed by atoms with Crippen LogP contribution in [-0.2, 0) is 0 Å². The van der Waals surface area contributed by atoms with E-state index in [9.17, 15) is 4.79 Å². The molecular weight excluding hydrogens is 369 g/mol. The molecule has 2 unspecified atom stereocenters. The highest BCUT2D eigenvalue weighted by atomic mass is 35.5. The quantitative estimate of drug-likeness (QED) is 0.856.